The number of carbonyl (C=O) groups is 2. The molecule has 2 aromatic carbocycles. The molecule has 0 saturated carbocycles. The van der Waals surface area contributed by atoms with Gasteiger partial charge in [0.05, 0.1) is 0 Å². The topological polar surface area (TPSA) is 59.8 Å². The van der Waals surface area contributed by atoms with E-state index in [0.717, 1.165) is 11.1 Å². The van der Waals surface area contributed by atoms with Crippen LogP contribution in [-0.2, 0) is 22.6 Å². The quantitative estimate of drug-likeness (QED) is 0.493. The van der Waals surface area contributed by atoms with E-state index in [1.165, 1.54) is 6.07 Å². The molecule has 6 heteroatoms. The molecular weight excluding hydrogens is 422 g/mol. The predicted octanol–water partition coefficient (Wildman–Crippen LogP) is 4.82. The van der Waals surface area contributed by atoms with E-state index in [2.05, 4.69) is 15.9 Å². The molecule has 0 saturated heterocycles. The highest BCUT2D eigenvalue weighted by Gasteiger charge is 2.26. The van der Waals surface area contributed by atoms with Crippen molar-refractivity contribution in [3.8, 4) is 0 Å². The van der Waals surface area contributed by atoms with Crippen LogP contribution in [0.4, 0.5) is 0 Å². The molecular formula is C22H20BrNO4. The van der Waals surface area contributed by atoms with Gasteiger partial charge >= 0.3 is 5.97 Å². The second kappa shape index (κ2) is 9.37. The number of esters is 1. The average molecular weight is 442 g/mol. The minimum Gasteiger partial charge on any atom is -0.447 e. The van der Waals surface area contributed by atoms with Crippen LogP contribution in [-0.4, -0.2) is 22.9 Å². The SMILES string of the molecule is C[C@@H](OC(=O)c1ccc(Br)o1)C(=O)N(Cc1ccccc1)Cc1ccccc1. The van der Waals surface area contributed by atoms with E-state index in [0.29, 0.717) is 17.8 Å². The molecule has 0 spiro atoms. The first-order chi connectivity index (χ1) is 13.5. The lowest BCUT2D eigenvalue weighted by Crippen LogP contribution is -2.39. The van der Waals surface area contributed by atoms with E-state index in [4.69, 9.17) is 9.15 Å². The monoisotopic (exact) mass is 441 g/mol. The van der Waals surface area contributed by atoms with Crippen molar-refractivity contribution in [3.05, 3.63) is 94.4 Å². The summed E-state index contributed by atoms with van der Waals surface area (Å²) in [6.45, 7) is 2.41. The molecule has 0 N–H and O–H groups in total. The van der Waals surface area contributed by atoms with Crippen LogP contribution in [0.2, 0.25) is 0 Å². The van der Waals surface area contributed by atoms with Crippen LogP contribution in [0.3, 0.4) is 0 Å². The maximum atomic E-state index is 13.0. The van der Waals surface area contributed by atoms with Crippen molar-refractivity contribution in [2.75, 3.05) is 0 Å². The fraction of sp³-hybridized carbons (Fsp3) is 0.182. The van der Waals surface area contributed by atoms with Crippen LogP contribution in [0.15, 0.2) is 81.9 Å². The van der Waals surface area contributed by atoms with Gasteiger partial charge < -0.3 is 14.1 Å². The van der Waals surface area contributed by atoms with Crippen molar-refractivity contribution >= 4 is 27.8 Å². The van der Waals surface area contributed by atoms with Crippen LogP contribution in [0.1, 0.15) is 28.6 Å². The number of hydrogen-bond acceptors (Lipinski definition) is 4. The third kappa shape index (κ3) is 5.33. The lowest BCUT2D eigenvalue weighted by molar-refractivity contribution is -0.141. The van der Waals surface area contributed by atoms with Gasteiger partial charge in [-0.1, -0.05) is 60.7 Å². The first-order valence-electron chi connectivity index (χ1n) is 8.86. The van der Waals surface area contributed by atoms with Crippen molar-refractivity contribution in [1.82, 2.24) is 4.90 Å². The number of hydrogen-bond donors (Lipinski definition) is 0. The van der Waals surface area contributed by atoms with E-state index >= 15 is 0 Å². The Morgan fingerprint density at radius 3 is 1.93 bits per heavy atom. The highest BCUT2D eigenvalue weighted by Crippen LogP contribution is 2.17. The van der Waals surface area contributed by atoms with E-state index in [-0.39, 0.29) is 11.7 Å². The van der Waals surface area contributed by atoms with Gasteiger partial charge in [0.25, 0.3) is 5.91 Å². The summed E-state index contributed by atoms with van der Waals surface area (Å²) in [4.78, 5) is 26.9. The molecule has 0 radical (unpaired) electrons. The van der Waals surface area contributed by atoms with Crippen LogP contribution in [0.5, 0.6) is 0 Å². The lowest BCUT2D eigenvalue weighted by Gasteiger charge is -2.26. The van der Waals surface area contributed by atoms with Gasteiger partial charge in [0.1, 0.15) is 0 Å². The van der Waals surface area contributed by atoms with E-state index < -0.39 is 12.1 Å². The molecule has 0 aliphatic heterocycles. The Balaban J connectivity index is 1.73. The smallest absolute Gasteiger partial charge is 0.375 e. The van der Waals surface area contributed by atoms with Gasteiger partial charge in [0.2, 0.25) is 5.76 Å². The highest BCUT2D eigenvalue weighted by molar-refractivity contribution is 9.10. The van der Waals surface area contributed by atoms with Crippen molar-refractivity contribution in [2.24, 2.45) is 0 Å². The zero-order chi connectivity index (χ0) is 19.9. The summed E-state index contributed by atoms with van der Waals surface area (Å²) in [5.41, 5.74) is 2.00. The van der Waals surface area contributed by atoms with Gasteiger partial charge in [-0.25, -0.2) is 4.79 Å². The molecule has 0 bridgehead atoms. The number of amides is 1. The number of benzene rings is 2. The molecule has 1 atom stereocenters. The molecule has 1 aromatic heterocycles. The standard InChI is InChI=1S/C22H20BrNO4/c1-16(27-22(26)19-12-13-20(23)28-19)21(25)24(14-17-8-4-2-5-9-17)15-18-10-6-3-7-11-18/h2-13,16H,14-15H2,1H3/t16-/m1/s1. The van der Waals surface area contributed by atoms with Crippen molar-refractivity contribution in [3.63, 3.8) is 0 Å². The third-order valence-corrected chi connectivity index (χ3v) is 4.58. The molecule has 0 aliphatic carbocycles. The summed E-state index contributed by atoms with van der Waals surface area (Å²) in [6.07, 6.45) is -0.941. The van der Waals surface area contributed by atoms with Crippen LogP contribution in [0, 0.1) is 0 Å². The Morgan fingerprint density at radius 1 is 0.929 bits per heavy atom. The summed E-state index contributed by atoms with van der Waals surface area (Å²) in [5.74, 6) is -0.901. The number of carbonyl (C=O) groups excluding carboxylic acids is 2. The molecule has 0 unspecified atom stereocenters. The predicted molar refractivity (Wildman–Crippen MR) is 108 cm³/mol. The summed E-state index contributed by atoms with van der Waals surface area (Å²) in [6, 6.07) is 22.5. The number of rotatable bonds is 7. The first kappa shape index (κ1) is 19.9. The maximum Gasteiger partial charge on any atom is 0.375 e. The number of nitrogens with zero attached hydrogens (tertiary/aromatic N) is 1. The maximum absolute atomic E-state index is 13.0. The first-order valence-corrected chi connectivity index (χ1v) is 9.65. The Labute approximate surface area is 172 Å². The van der Waals surface area contributed by atoms with E-state index in [1.54, 1.807) is 17.9 Å². The fourth-order valence-corrected chi connectivity index (χ4v) is 3.08. The Morgan fingerprint density at radius 2 is 1.46 bits per heavy atom. The molecule has 1 heterocycles. The second-order valence-electron chi connectivity index (χ2n) is 6.32. The molecule has 28 heavy (non-hydrogen) atoms. The van der Waals surface area contributed by atoms with Crippen molar-refractivity contribution in [2.45, 2.75) is 26.1 Å². The fourth-order valence-electron chi connectivity index (χ4n) is 2.77. The van der Waals surface area contributed by atoms with Crippen LogP contribution < -0.4 is 0 Å². The van der Waals surface area contributed by atoms with Gasteiger partial charge in [-0.3, -0.25) is 4.79 Å². The lowest BCUT2D eigenvalue weighted by atomic mass is 10.1. The van der Waals surface area contributed by atoms with E-state index in [1.807, 2.05) is 60.7 Å². The Hall–Kier alpha value is -2.86. The molecule has 3 rings (SSSR count). The second-order valence-corrected chi connectivity index (χ2v) is 7.10. The largest absolute Gasteiger partial charge is 0.447 e. The zero-order valence-corrected chi connectivity index (χ0v) is 17.0. The molecule has 0 aliphatic rings. The van der Waals surface area contributed by atoms with Gasteiger partial charge in [-0.15, -0.1) is 0 Å². The minimum atomic E-state index is -0.941. The number of ether oxygens (including phenoxy) is 1. The summed E-state index contributed by atoms with van der Waals surface area (Å²) >= 11 is 3.14. The Kier molecular flexibility index (Phi) is 6.66. The third-order valence-electron chi connectivity index (χ3n) is 4.15. The summed E-state index contributed by atoms with van der Waals surface area (Å²) in [5, 5.41) is 0. The normalized spacial score (nSPS) is 11.6. The number of furan rings is 1. The van der Waals surface area contributed by atoms with Gasteiger partial charge in [-0.05, 0) is 46.1 Å². The van der Waals surface area contributed by atoms with Gasteiger partial charge in [0.15, 0.2) is 10.8 Å². The minimum absolute atomic E-state index is 0.0455. The molecule has 5 nitrogen and oxygen atoms in total. The van der Waals surface area contributed by atoms with Gasteiger partial charge in [0, 0.05) is 13.1 Å². The zero-order valence-electron chi connectivity index (χ0n) is 15.4. The van der Waals surface area contributed by atoms with Crippen molar-refractivity contribution in [1.29, 1.82) is 0 Å². The van der Waals surface area contributed by atoms with Crippen LogP contribution >= 0.6 is 15.9 Å². The van der Waals surface area contributed by atoms with Gasteiger partial charge in [-0.2, -0.15) is 0 Å². The number of halogens is 1. The molecule has 3 aromatic rings. The van der Waals surface area contributed by atoms with Crippen molar-refractivity contribution < 1.29 is 18.7 Å². The average Bonchev–Trinajstić information content (AvgIpc) is 3.15. The molecule has 144 valence electrons. The van der Waals surface area contributed by atoms with Crippen LogP contribution in [0.25, 0.3) is 0 Å². The Bertz CT molecular complexity index is 882. The molecule has 1 amide bonds. The summed E-state index contributed by atoms with van der Waals surface area (Å²) in [7, 11) is 0. The molecule has 0 fully saturated rings. The highest BCUT2D eigenvalue weighted by atomic mass is 79.9. The van der Waals surface area contributed by atoms with E-state index in [9.17, 15) is 9.59 Å². The summed E-state index contributed by atoms with van der Waals surface area (Å²) < 4.78 is 10.9.